The molecule has 2 unspecified atom stereocenters. The summed E-state index contributed by atoms with van der Waals surface area (Å²) in [4.78, 5) is 37.7. The van der Waals surface area contributed by atoms with Gasteiger partial charge in [0.1, 0.15) is 11.6 Å². The van der Waals surface area contributed by atoms with Crippen LogP contribution >= 0.6 is 0 Å². The minimum absolute atomic E-state index is 0.0318. The molecule has 0 spiro atoms. The number of fused-ring (bicyclic) bond motifs is 1. The monoisotopic (exact) mass is 433 g/mol. The molecule has 1 aromatic carbocycles. The van der Waals surface area contributed by atoms with Gasteiger partial charge in [0.15, 0.2) is 0 Å². The largest absolute Gasteiger partial charge is 0.460 e. The number of aryl methyl sites for hydroxylation is 1. The van der Waals surface area contributed by atoms with Crippen molar-refractivity contribution in [1.29, 1.82) is 0 Å². The van der Waals surface area contributed by atoms with Gasteiger partial charge in [-0.3, -0.25) is 14.4 Å². The molecule has 2 heterocycles. The predicted octanol–water partition coefficient (Wildman–Crippen LogP) is 2.05. The molecule has 172 valence electrons. The van der Waals surface area contributed by atoms with E-state index in [4.69, 9.17) is 20.9 Å². The third-order valence-corrected chi connectivity index (χ3v) is 5.03. The Morgan fingerprint density at radius 3 is 2.55 bits per heavy atom. The molecule has 0 saturated carbocycles. The predicted molar refractivity (Wildman–Crippen MR) is 117 cm³/mol. The van der Waals surface area contributed by atoms with Crippen molar-refractivity contribution in [3.05, 3.63) is 34.9 Å². The summed E-state index contributed by atoms with van der Waals surface area (Å²) in [6.45, 7) is 9.28. The van der Waals surface area contributed by atoms with E-state index in [2.05, 4.69) is 0 Å². The molecule has 2 atom stereocenters. The Morgan fingerprint density at radius 1 is 1.32 bits per heavy atom. The minimum Gasteiger partial charge on any atom is -0.460 e. The van der Waals surface area contributed by atoms with E-state index in [0.29, 0.717) is 18.2 Å². The van der Waals surface area contributed by atoms with Gasteiger partial charge in [0.2, 0.25) is 5.91 Å². The first-order chi connectivity index (χ1) is 14.5. The average Bonchev–Trinajstić information content (AvgIpc) is 2.97. The van der Waals surface area contributed by atoms with Gasteiger partial charge in [0, 0.05) is 31.2 Å². The molecule has 0 bridgehead atoms. The molecule has 0 aromatic heterocycles. The Balaban J connectivity index is 0.000000412. The fourth-order valence-electron chi connectivity index (χ4n) is 3.59. The van der Waals surface area contributed by atoms with Crippen LogP contribution in [0.4, 0.5) is 0 Å². The molecular weight excluding hydrogens is 398 g/mol. The maximum Gasteiger partial charge on any atom is 0.306 e. The number of ether oxygens (including phenoxy) is 2. The van der Waals surface area contributed by atoms with Crippen LogP contribution in [-0.4, -0.2) is 53.6 Å². The number of hydrogen-bond acceptors (Lipinski definition) is 6. The lowest BCUT2D eigenvalue weighted by Gasteiger charge is -2.25. The zero-order valence-electron chi connectivity index (χ0n) is 19.0. The van der Waals surface area contributed by atoms with Gasteiger partial charge in [-0.25, -0.2) is 0 Å². The van der Waals surface area contributed by atoms with Crippen molar-refractivity contribution in [2.45, 2.75) is 77.6 Å². The second-order valence-corrected chi connectivity index (χ2v) is 9.11. The van der Waals surface area contributed by atoms with Crippen LogP contribution in [0.2, 0.25) is 0 Å². The first-order valence-corrected chi connectivity index (χ1v) is 10.7. The maximum atomic E-state index is 12.5. The number of hydrogen-bond donors (Lipinski definition) is 2. The minimum atomic E-state index is -0.822. The van der Waals surface area contributed by atoms with E-state index in [1.165, 1.54) is 4.90 Å². The number of nitrogens with zero attached hydrogens (tertiary/aromatic N) is 1. The highest BCUT2D eigenvalue weighted by molar-refractivity contribution is 6.01. The molecule has 0 aliphatic carbocycles. The molecule has 1 saturated heterocycles. The summed E-state index contributed by atoms with van der Waals surface area (Å²) < 4.78 is 10.3. The third-order valence-electron chi connectivity index (χ3n) is 5.03. The Bertz CT molecular complexity index is 797. The van der Waals surface area contributed by atoms with Crippen molar-refractivity contribution in [2.75, 3.05) is 13.2 Å². The summed E-state index contributed by atoms with van der Waals surface area (Å²) in [7, 11) is 0. The van der Waals surface area contributed by atoms with E-state index in [1.807, 2.05) is 19.1 Å². The van der Waals surface area contributed by atoms with Crippen molar-refractivity contribution in [2.24, 2.45) is 11.5 Å². The normalized spacial score (nSPS) is 19.2. The molecule has 31 heavy (non-hydrogen) atoms. The molecule has 8 nitrogen and oxygen atoms in total. The van der Waals surface area contributed by atoms with Gasteiger partial charge in [0.05, 0.1) is 6.61 Å². The van der Waals surface area contributed by atoms with Gasteiger partial charge >= 0.3 is 5.97 Å². The highest BCUT2D eigenvalue weighted by atomic mass is 16.6. The van der Waals surface area contributed by atoms with E-state index >= 15 is 0 Å². The van der Waals surface area contributed by atoms with Gasteiger partial charge in [-0.1, -0.05) is 17.7 Å². The second kappa shape index (κ2) is 10.7. The molecule has 8 heteroatoms. The number of carbonyl (C=O) groups is 3. The lowest BCUT2D eigenvalue weighted by molar-refractivity contribution is -0.155. The quantitative estimate of drug-likeness (QED) is 0.685. The molecule has 3 rings (SSSR count). The van der Waals surface area contributed by atoms with Crippen molar-refractivity contribution >= 4 is 17.8 Å². The van der Waals surface area contributed by atoms with Crippen molar-refractivity contribution < 1.29 is 23.9 Å². The number of nitrogens with two attached hydrogens (primary N) is 2. The lowest BCUT2D eigenvalue weighted by Crippen LogP contribution is -2.45. The Kier molecular flexibility index (Phi) is 8.59. The summed E-state index contributed by atoms with van der Waals surface area (Å²) in [5, 5.41) is 0. The molecule has 2 amide bonds. The first-order valence-electron chi connectivity index (χ1n) is 10.7. The van der Waals surface area contributed by atoms with Crippen LogP contribution in [0.15, 0.2) is 18.2 Å². The SMILES string of the molecule is Cc1ccc2c(c1)CN(C(CCC(=O)OC(C)(C)C)C(N)=O)C2=O.NC1CCCOC1. The summed E-state index contributed by atoms with van der Waals surface area (Å²) >= 11 is 0. The number of esters is 1. The molecule has 2 aliphatic heterocycles. The average molecular weight is 434 g/mol. The lowest BCUT2D eigenvalue weighted by atomic mass is 10.1. The van der Waals surface area contributed by atoms with Gasteiger partial charge < -0.3 is 25.8 Å². The second-order valence-electron chi connectivity index (χ2n) is 9.11. The Morgan fingerprint density at radius 2 is 2.03 bits per heavy atom. The number of primary amides is 1. The van der Waals surface area contributed by atoms with Crippen LogP contribution in [-0.2, 0) is 25.6 Å². The Labute approximate surface area is 184 Å². The first kappa shape index (κ1) is 24.8. The van der Waals surface area contributed by atoms with Crippen LogP contribution in [0.3, 0.4) is 0 Å². The van der Waals surface area contributed by atoms with E-state index in [9.17, 15) is 14.4 Å². The van der Waals surface area contributed by atoms with E-state index in [0.717, 1.165) is 37.2 Å². The highest BCUT2D eigenvalue weighted by Gasteiger charge is 2.35. The molecule has 2 aliphatic rings. The van der Waals surface area contributed by atoms with Crippen molar-refractivity contribution in [1.82, 2.24) is 4.90 Å². The smallest absolute Gasteiger partial charge is 0.306 e. The van der Waals surface area contributed by atoms with Crippen LogP contribution in [0.5, 0.6) is 0 Å². The summed E-state index contributed by atoms with van der Waals surface area (Å²) in [6, 6.07) is 5.05. The molecular formula is C23H35N3O5. The zero-order valence-corrected chi connectivity index (χ0v) is 19.0. The van der Waals surface area contributed by atoms with E-state index in [1.54, 1.807) is 26.8 Å². The van der Waals surface area contributed by atoms with Crippen molar-refractivity contribution in [3.63, 3.8) is 0 Å². The van der Waals surface area contributed by atoms with Crippen LogP contribution in [0, 0.1) is 6.92 Å². The standard InChI is InChI=1S/C18H24N2O4.C5H11NO/c1-11-5-6-13-12(9-11)10-20(17(13)23)14(16(19)22)7-8-15(21)24-18(2,3)4;6-5-2-1-3-7-4-5/h5-6,9,14H,7-8,10H2,1-4H3,(H2,19,22);5H,1-4,6H2. The summed E-state index contributed by atoms with van der Waals surface area (Å²) in [5.41, 5.74) is 12.9. The van der Waals surface area contributed by atoms with Gasteiger partial charge in [-0.05, 0) is 58.6 Å². The Hall–Kier alpha value is -2.45. The summed E-state index contributed by atoms with van der Waals surface area (Å²) in [5.74, 6) is -1.25. The van der Waals surface area contributed by atoms with E-state index < -0.39 is 23.5 Å². The number of benzene rings is 1. The fourth-order valence-corrected chi connectivity index (χ4v) is 3.59. The van der Waals surface area contributed by atoms with Gasteiger partial charge in [-0.15, -0.1) is 0 Å². The molecule has 1 aromatic rings. The van der Waals surface area contributed by atoms with E-state index in [-0.39, 0.29) is 18.7 Å². The number of rotatable bonds is 5. The van der Waals surface area contributed by atoms with Crippen LogP contribution in [0.1, 0.15) is 67.9 Å². The summed E-state index contributed by atoms with van der Waals surface area (Å²) in [6.07, 6.45) is 2.47. The number of carbonyl (C=O) groups excluding carboxylic acids is 3. The molecule has 0 radical (unpaired) electrons. The van der Waals surface area contributed by atoms with Crippen LogP contribution < -0.4 is 11.5 Å². The number of amides is 2. The third kappa shape index (κ3) is 7.63. The highest BCUT2D eigenvalue weighted by Crippen LogP contribution is 2.27. The van der Waals surface area contributed by atoms with Gasteiger partial charge in [0.25, 0.3) is 5.91 Å². The van der Waals surface area contributed by atoms with Crippen molar-refractivity contribution in [3.8, 4) is 0 Å². The fraction of sp³-hybridized carbons (Fsp3) is 0.609. The molecule has 1 fully saturated rings. The maximum absolute atomic E-state index is 12.5. The zero-order chi connectivity index (χ0) is 23.2. The topological polar surface area (TPSA) is 125 Å². The van der Waals surface area contributed by atoms with Gasteiger partial charge in [-0.2, -0.15) is 0 Å². The van der Waals surface area contributed by atoms with Crippen LogP contribution in [0.25, 0.3) is 0 Å². The molecule has 4 N–H and O–H groups in total.